The van der Waals surface area contributed by atoms with E-state index in [-0.39, 0.29) is 5.82 Å². The second-order valence-electron chi connectivity index (χ2n) is 4.94. The van der Waals surface area contributed by atoms with E-state index < -0.39 is 0 Å². The van der Waals surface area contributed by atoms with Crippen molar-refractivity contribution in [3.05, 3.63) is 65.0 Å². The third kappa shape index (κ3) is 3.84. The van der Waals surface area contributed by atoms with Gasteiger partial charge in [-0.1, -0.05) is 18.2 Å². The van der Waals surface area contributed by atoms with E-state index in [0.29, 0.717) is 6.04 Å². The van der Waals surface area contributed by atoms with Gasteiger partial charge in [0.15, 0.2) is 0 Å². The summed E-state index contributed by atoms with van der Waals surface area (Å²) in [7, 11) is 1.96. The number of hydrogen-bond acceptors (Lipinski definition) is 2. The maximum absolute atomic E-state index is 13.3. The highest BCUT2D eigenvalue weighted by atomic mass is 32.2. The summed E-state index contributed by atoms with van der Waals surface area (Å²) in [5, 5.41) is 3.24. The molecule has 0 saturated heterocycles. The first-order valence-electron chi connectivity index (χ1n) is 6.75. The minimum atomic E-state index is -0.163. The van der Waals surface area contributed by atoms with Crippen molar-refractivity contribution in [2.75, 3.05) is 7.05 Å². The van der Waals surface area contributed by atoms with Crippen molar-refractivity contribution < 1.29 is 4.39 Å². The molecular weight excluding hydrogens is 269 g/mol. The number of rotatable bonds is 5. The van der Waals surface area contributed by atoms with Crippen LogP contribution < -0.4 is 5.32 Å². The molecule has 0 radical (unpaired) electrons. The standard InChI is InChI=1S/C17H20FNS/c1-12-7-8-16(18)9-15(12)11-20-17-6-4-5-14(10-17)13(2)19-3/h4-10,13,19H,11H2,1-3H3. The molecule has 3 heteroatoms. The molecule has 106 valence electrons. The summed E-state index contributed by atoms with van der Waals surface area (Å²) in [5.41, 5.74) is 3.47. The average Bonchev–Trinajstić information content (AvgIpc) is 2.47. The molecule has 1 atom stereocenters. The van der Waals surface area contributed by atoms with Gasteiger partial charge in [-0.15, -0.1) is 11.8 Å². The summed E-state index contributed by atoms with van der Waals surface area (Å²) in [6, 6.07) is 13.8. The predicted molar refractivity (Wildman–Crippen MR) is 84.6 cm³/mol. The Morgan fingerprint density at radius 3 is 2.75 bits per heavy atom. The van der Waals surface area contributed by atoms with Gasteiger partial charge in [0.25, 0.3) is 0 Å². The number of thioether (sulfide) groups is 1. The van der Waals surface area contributed by atoms with Crippen LogP contribution in [0, 0.1) is 12.7 Å². The highest BCUT2D eigenvalue weighted by Gasteiger charge is 2.05. The van der Waals surface area contributed by atoms with E-state index in [1.165, 1.54) is 16.5 Å². The lowest BCUT2D eigenvalue weighted by Crippen LogP contribution is -2.11. The van der Waals surface area contributed by atoms with Crippen molar-refractivity contribution in [2.45, 2.75) is 30.5 Å². The second-order valence-corrected chi connectivity index (χ2v) is 5.99. The zero-order chi connectivity index (χ0) is 14.5. The highest BCUT2D eigenvalue weighted by Crippen LogP contribution is 2.27. The van der Waals surface area contributed by atoms with Gasteiger partial charge in [-0.3, -0.25) is 0 Å². The maximum Gasteiger partial charge on any atom is 0.123 e. The van der Waals surface area contributed by atoms with Gasteiger partial charge in [0.05, 0.1) is 0 Å². The van der Waals surface area contributed by atoms with Crippen LogP contribution in [0.3, 0.4) is 0 Å². The van der Waals surface area contributed by atoms with E-state index in [1.54, 1.807) is 17.8 Å². The molecule has 0 amide bonds. The molecule has 0 aliphatic heterocycles. The molecule has 0 heterocycles. The van der Waals surface area contributed by atoms with E-state index in [4.69, 9.17) is 0 Å². The summed E-state index contributed by atoms with van der Waals surface area (Å²) in [5.74, 6) is 0.629. The Kier molecular flexibility index (Phi) is 5.21. The molecule has 0 aliphatic rings. The maximum atomic E-state index is 13.3. The van der Waals surface area contributed by atoms with Gasteiger partial charge in [-0.2, -0.15) is 0 Å². The Hall–Kier alpha value is -1.32. The zero-order valence-electron chi connectivity index (χ0n) is 12.1. The van der Waals surface area contributed by atoms with Crippen LogP contribution in [0.25, 0.3) is 0 Å². The minimum absolute atomic E-state index is 0.163. The highest BCUT2D eigenvalue weighted by molar-refractivity contribution is 7.98. The monoisotopic (exact) mass is 289 g/mol. The molecule has 0 aliphatic carbocycles. The summed E-state index contributed by atoms with van der Waals surface area (Å²) in [6.07, 6.45) is 0. The van der Waals surface area contributed by atoms with E-state index >= 15 is 0 Å². The SMILES string of the molecule is CNC(C)c1cccc(SCc2cc(F)ccc2C)c1. The van der Waals surface area contributed by atoms with Gasteiger partial charge >= 0.3 is 0 Å². The number of halogens is 1. The first-order chi connectivity index (χ1) is 9.60. The molecule has 2 aromatic rings. The van der Waals surface area contributed by atoms with E-state index in [0.717, 1.165) is 16.9 Å². The topological polar surface area (TPSA) is 12.0 Å². The number of nitrogens with one attached hydrogen (secondary N) is 1. The Morgan fingerprint density at radius 1 is 1.20 bits per heavy atom. The largest absolute Gasteiger partial charge is 0.313 e. The normalized spacial score (nSPS) is 12.4. The predicted octanol–water partition coefficient (Wildman–Crippen LogP) is 4.71. The molecule has 0 fully saturated rings. The minimum Gasteiger partial charge on any atom is -0.313 e. The Bertz CT molecular complexity index is 583. The molecule has 1 unspecified atom stereocenters. The molecule has 2 aromatic carbocycles. The van der Waals surface area contributed by atoms with Crippen LogP contribution in [0.1, 0.15) is 29.7 Å². The number of hydrogen-bond donors (Lipinski definition) is 1. The summed E-state index contributed by atoms with van der Waals surface area (Å²) >= 11 is 1.74. The van der Waals surface area contributed by atoms with E-state index in [2.05, 4.69) is 36.5 Å². The number of benzene rings is 2. The van der Waals surface area contributed by atoms with Crippen molar-refractivity contribution in [1.29, 1.82) is 0 Å². The molecule has 1 N–H and O–H groups in total. The lowest BCUT2D eigenvalue weighted by molar-refractivity contribution is 0.626. The van der Waals surface area contributed by atoms with Crippen LogP contribution in [-0.2, 0) is 5.75 Å². The van der Waals surface area contributed by atoms with Crippen molar-refractivity contribution in [2.24, 2.45) is 0 Å². The first kappa shape index (κ1) is 15.1. The third-order valence-corrected chi connectivity index (χ3v) is 4.54. The van der Waals surface area contributed by atoms with Crippen molar-refractivity contribution >= 4 is 11.8 Å². The Labute approximate surface area is 124 Å². The molecule has 0 bridgehead atoms. The third-order valence-electron chi connectivity index (χ3n) is 3.50. The molecule has 1 nitrogen and oxygen atoms in total. The fraction of sp³-hybridized carbons (Fsp3) is 0.294. The van der Waals surface area contributed by atoms with Crippen molar-refractivity contribution in [3.8, 4) is 0 Å². The summed E-state index contributed by atoms with van der Waals surface area (Å²) < 4.78 is 13.3. The quantitative estimate of drug-likeness (QED) is 0.800. The molecule has 0 spiro atoms. The smallest absolute Gasteiger partial charge is 0.123 e. The fourth-order valence-electron chi connectivity index (χ4n) is 2.00. The lowest BCUT2D eigenvalue weighted by Gasteiger charge is -2.12. The average molecular weight is 289 g/mol. The van der Waals surface area contributed by atoms with Gasteiger partial charge < -0.3 is 5.32 Å². The van der Waals surface area contributed by atoms with Crippen LogP contribution >= 0.6 is 11.8 Å². The van der Waals surface area contributed by atoms with Gasteiger partial charge in [0, 0.05) is 16.7 Å². The van der Waals surface area contributed by atoms with Crippen LogP contribution in [0.15, 0.2) is 47.4 Å². The zero-order valence-corrected chi connectivity index (χ0v) is 12.9. The molecule has 20 heavy (non-hydrogen) atoms. The van der Waals surface area contributed by atoms with Gasteiger partial charge in [-0.25, -0.2) is 4.39 Å². The lowest BCUT2D eigenvalue weighted by atomic mass is 10.1. The van der Waals surface area contributed by atoms with Crippen molar-refractivity contribution in [1.82, 2.24) is 5.32 Å². The van der Waals surface area contributed by atoms with Gasteiger partial charge in [0.1, 0.15) is 5.82 Å². The molecule has 2 rings (SSSR count). The molecular formula is C17H20FNS. The van der Waals surface area contributed by atoms with Gasteiger partial charge in [-0.05, 0) is 61.9 Å². The first-order valence-corrected chi connectivity index (χ1v) is 7.74. The Morgan fingerprint density at radius 2 is 2.00 bits per heavy atom. The number of aryl methyl sites for hydroxylation is 1. The van der Waals surface area contributed by atoms with Crippen molar-refractivity contribution in [3.63, 3.8) is 0 Å². The van der Waals surface area contributed by atoms with Crippen LogP contribution in [0.5, 0.6) is 0 Å². The second kappa shape index (κ2) is 6.91. The molecule has 0 saturated carbocycles. The van der Waals surface area contributed by atoms with Crippen LogP contribution in [-0.4, -0.2) is 7.05 Å². The summed E-state index contributed by atoms with van der Waals surface area (Å²) in [6.45, 7) is 4.16. The summed E-state index contributed by atoms with van der Waals surface area (Å²) in [4.78, 5) is 1.22. The Balaban J connectivity index is 2.09. The fourth-order valence-corrected chi connectivity index (χ4v) is 3.02. The molecule has 0 aromatic heterocycles. The van der Waals surface area contributed by atoms with E-state index in [1.807, 2.05) is 20.0 Å². The van der Waals surface area contributed by atoms with Crippen LogP contribution in [0.2, 0.25) is 0 Å². The van der Waals surface area contributed by atoms with Crippen LogP contribution in [0.4, 0.5) is 4.39 Å². The van der Waals surface area contributed by atoms with Gasteiger partial charge in [0.2, 0.25) is 0 Å². The van der Waals surface area contributed by atoms with E-state index in [9.17, 15) is 4.39 Å².